The van der Waals surface area contributed by atoms with Crippen molar-refractivity contribution >= 4 is 13.8 Å². The van der Waals surface area contributed by atoms with Gasteiger partial charge >= 0.3 is 13.8 Å². The number of carbonyl (C=O) groups excluding carboxylic acids is 1. The first-order valence-electron chi connectivity index (χ1n) is 16.2. The molecule has 2 aromatic rings. The molecule has 0 spiro atoms. The molecule has 3 N–H and O–H groups in total. The van der Waals surface area contributed by atoms with Crippen LogP contribution in [0.3, 0.4) is 0 Å². The molecule has 0 heterocycles. The van der Waals surface area contributed by atoms with Crippen molar-refractivity contribution < 1.29 is 47.8 Å². The summed E-state index contributed by atoms with van der Waals surface area (Å²) in [4.78, 5) is 32.9. The van der Waals surface area contributed by atoms with Gasteiger partial charge in [0, 0.05) is 5.56 Å². The van der Waals surface area contributed by atoms with Gasteiger partial charge in [-0.15, -0.1) is 0 Å². The second kappa shape index (κ2) is 15.9. The van der Waals surface area contributed by atoms with Crippen LogP contribution in [0.2, 0.25) is 0 Å². The molecule has 10 nitrogen and oxygen atoms in total. The van der Waals surface area contributed by atoms with Crippen molar-refractivity contribution in [1.29, 1.82) is 0 Å². The largest absolute Gasteiger partial charge is 0.746 e. The second-order valence-corrected chi connectivity index (χ2v) is 14.5. The van der Waals surface area contributed by atoms with E-state index < -0.39 is 13.8 Å². The number of aliphatic hydroxyl groups is 2. The van der Waals surface area contributed by atoms with Crippen LogP contribution < -0.4 is 14.2 Å². The number of phosphoric ester groups is 1. The van der Waals surface area contributed by atoms with Crippen molar-refractivity contribution in [2.45, 2.75) is 83.5 Å². The smallest absolute Gasteiger partial charge is 0.344 e. The van der Waals surface area contributed by atoms with Crippen LogP contribution in [0.4, 0.5) is 0 Å². The number of hydrogen-bond acceptors (Lipinski definition) is 8. The Hall–Kier alpha value is -2.46. The standard InChI is InChI=1S/C34H50NO9P/c1-4-5-6-12-27(36)15-16-28-29-19-24-11-9-14-33(30(24)20-26(29)21-31(28)37)43-23-34(38)42-18-17-35(2,3)22-25-10-7-8-13-32(25)44-45(39,40)41/h7-11,13-14,26-29,31,36-37H,4-6,12,15-23H2,1-3H3,(H-,39,40,41)/t26-,27-,28+,29-,31+/m0/s1. The first kappa shape index (κ1) is 35.4. The minimum absolute atomic E-state index is 0.0617. The highest BCUT2D eigenvalue weighted by atomic mass is 31.2. The zero-order chi connectivity index (χ0) is 32.6. The monoisotopic (exact) mass is 647 g/mol. The fourth-order valence-corrected chi connectivity index (χ4v) is 7.50. The van der Waals surface area contributed by atoms with Crippen molar-refractivity contribution in [1.82, 2.24) is 0 Å². The lowest BCUT2D eigenvalue weighted by atomic mass is 9.73. The molecule has 2 aliphatic rings. The predicted molar refractivity (Wildman–Crippen MR) is 168 cm³/mol. The Morgan fingerprint density at radius 2 is 1.84 bits per heavy atom. The van der Waals surface area contributed by atoms with Gasteiger partial charge in [-0.3, -0.25) is 4.57 Å². The van der Waals surface area contributed by atoms with Crippen LogP contribution >= 0.6 is 7.82 Å². The molecule has 45 heavy (non-hydrogen) atoms. The number of aliphatic hydroxyl groups excluding tert-OH is 2. The van der Waals surface area contributed by atoms with Gasteiger partial charge in [-0.25, -0.2) is 4.79 Å². The summed E-state index contributed by atoms with van der Waals surface area (Å²) in [6.07, 6.45) is 7.48. The van der Waals surface area contributed by atoms with Crippen molar-refractivity contribution in [2.75, 3.05) is 33.9 Å². The van der Waals surface area contributed by atoms with E-state index in [1.54, 1.807) is 18.2 Å². The predicted octanol–water partition coefficient (Wildman–Crippen LogP) is 4.16. The van der Waals surface area contributed by atoms with E-state index in [2.05, 4.69) is 13.0 Å². The number of fused-ring (bicyclic) bond motifs is 2. The van der Waals surface area contributed by atoms with Gasteiger partial charge in [0.15, 0.2) is 6.61 Å². The van der Waals surface area contributed by atoms with E-state index in [4.69, 9.17) is 18.9 Å². The van der Waals surface area contributed by atoms with Gasteiger partial charge in [-0.2, -0.15) is 0 Å². The molecule has 1 unspecified atom stereocenters. The average molecular weight is 648 g/mol. The highest BCUT2D eigenvalue weighted by Gasteiger charge is 2.45. The van der Waals surface area contributed by atoms with Crippen molar-refractivity contribution in [3.63, 3.8) is 0 Å². The van der Waals surface area contributed by atoms with E-state index in [1.165, 1.54) is 11.6 Å². The topological polar surface area (TPSA) is 146 Å². The van der Waals surface area contributed by atoms with E-state index in [1.807, 2.05) is 26.2 Å². The van der Waals surface area contributed by atoms with Gasteiger partial charge in [0.1, 0.15) is 31.2 Å². The molecule has 0 saturated heterocycles. The lowest BCUT2D eigenvalue weighted by Gasteiger charge is -2.32. The molecule has 1 fully saturated rings. The Morgan fingerprint density at radius 1 is 1.09 bits per heavy atom. The summed E-state index contributed by atoms with van der Waals surface area (Å²) < 4.78 is 27.8. The lowest BCUT2D eigenvalue weighted by Crippen LogP contribution is -2.42. The van der Waals surface area contributed by atoms with Crippen LogP contribution in [0.15, 0.2) is 42.5 Å². The molecule has 0 bridgehead atoms. The summed E-state index contributed by atoms with van der Waals surface area (Å²) in [5, 5.41) is 21.4. The molecular weight excluding hydrogens is 597 g/mol. The number of nitrogens with zero attached hydrogens (tertiary/aromatic N) is 1. The number of esters is 1. The van der Waals surface area contributed by atoms with Crippen LogP contribution in [0.25, 0.3) is 0 Å². The van der Waals surface area contributed by atoms with E-state index >= 15 is 0 Å². The fraction of sp³-hybridized carbons (Fsp3) is 0.618. The maximum absolute atomic E-state index is 12.6. The molecule has 1 saturated carbocycles. The molecule has 11 heteroatoms. The highest BCUT2D eigenvalue weighted by Crippen LogP contribution is 2.48. The molecule has 0 aliphatic heterocycles. The number of likely N-dealkylation sites (N-methyl/N-ethyl adjacent to an activating group) is 1. The van der Waals surface area contributed by atoms with Crippen molar-refractivity contribution in [3.05, 3.63) is 59.2 Å². The van der Waals surface area contributed by atoms with E-state index in [0.29, 0.717) is 40.7 Å². The highest BCUT2D eigenvalue weighted by molar-refractivity contribution is 7.45. The summed E-state index contributed by atoms with van der Waals surface area (Å²) in [6, 6.07) is 12.5. The molecule has 0 radical (unpaired) electrons. The van der Waals surface area contributed by atoms with Crippen molar-refractivity contribution in [3.8, 4) is 11.5 Å². The third-order valence-electron chi connectivity index (χ3n) is 9.41. The van der Waals surface area contributed by atoms with Gasteiger partial charge in [-0.1, -0.05) is 50.5 Å². The molecule has 2 aliphatic carbocycles. The van der Waals surface area contributed by atoms with E-state index in [-0.39, 0.29) is 37.1 Å². The number of para-hydroxylation sites is 1. The first-order valence-corrected chi connectivity index (χ1v) is 17.7. The molecule has 4 rings (SSSR count). The zero-order valence-electron chi connectivity index (χ0n) is 26.8. The van der Waals surface area contributed by atoms with Gasteiger partial charge in [-0.05, 0) is 85.6 Å². The number of benzene rings is 2. The number of unbranched alkanes of at least 4 members (excludes halogenated alkanes) is 2. The molecule has 2 aromatic carbocycles. The number of ether oxygens (including phenoxy) is 2. The minimum atomic E-state index is -4.94. The van der Waals surface area contributed by atoms with Gasteiger partial charge in [0.2, 0.25) is 0 Å². The third-order valence-corrected chi connectivity index (χ3v) is 9.84. The fourth-order valence-electron chi connectivity index (χ4n) is 7.07. The summed E-state index contributed by atoms with van der Waals surface area (Å²) >= 11 is 0. The normalized spacial score (nSPS) is 23.0. The Kier molecular flexibility index (Phi) is 12.5. The Labute approximate surface area is 267 Å². The summed E-state index contributed by atoms with van der Waals surface area (Å²) in [5.74, 6) is 1.18. The second-order valence-electron chi connectivity index (χ2n) is 13.4. The number of quaternary nitrogens is 1. The molecule has 0 amide bonds. The Morgan fingerprint density at radius 3 is 2.60 bits per heavy atom. The molecular formula is C34H50NO9P. The van der Waals surface area contributed by atoms with Gasteiger partial charge in [0.25, 0.3) is 0 Å². The van der Waals surface area contributed by atoms with Crippen LogP contribution in [0.1, 0.15) is 68.6 Å². The SMILES string of the molecule is CCCCC[C@H](O)CC[C@@H]1[C@H]2Cc3cccc(OCC(=O)OCC[N+](C)(C)Cc4ccccc4OP(=O)([O-])O)c3C[C@H]2C[C@H]1O. The zero-order valence-corrected chi connectivity index (χ0v) is 27.7. The average Bonchev–Trinajstić information content (AvgIpc) is 3.27. The van der Waals surface area contributed by atoms with Gasteiger partial charge in [0.05, 0.1) is 26.3 Å². The Bertz CT molecular complexity index is 1310. The quantitative estimate of drug-likeness (QED) is 0.0998. The summed E-state index contributed by atoms with van der Waals surface area (Å²) in [5.41, 5.74) is 2.89. The summed E-state index contributed by atoms with van der Waals surface area (Å²) in [7, 11) is -1.10. The number of carbonyl (C=O) groups is 1. The molecule has 0 aromatic heterocycles. The number of phosphoric acid groups is 1. The lowest BCUT2D eigenvalue weighted by molar-refractivity contribution is -0.903. The third kappa shape index (κ3) is 10.5. The van der Waals surface area contributed by atoms with Gasteiger partial charge < -0.3 is 38.5 Å². The Balaban J connectivity index is 1.26. The van der Waals surface area contributed by atoms with E-state index in [9.17, 15) is 24.5 Å². The van der Waals surface area contributed by atoms with Crippen LogP contribution in [-0.4, -0.2) is 71.6 Å². The van der Waals surface area contributed by atoms with Crippen LogP contribution in [-0.2, 0) is 33.5 Å². The number of hydrogen-bond donors (Lipinski definition) is 3. The first-order chi connectivity index (χ1) is 21.3. The molecule has 6 atom stereocenters. The number of rotatable bonds is 17. The van der Waals surface area contributed by atoms with Crippen molar-refractivity contribution in [2.24, 2.45) is 17.8 Å². The maximum atomic E-state index is 12.6. The van der Waals surface area contributed by atoms with Crippen LogP contribution in [0.5, 0.6) is 11.5 Å². The minimum Gasteiger partial charge on any atom is -0.746 e. The molecule has 250 valence electrons. The van der Waals surface area contributed by atoms with E-state index in [0.717, 1.165) is 63.4 Å². The summed E-state index contributed by atoms with van der Waals surface area (Å²) in [6.45, 7) is 2.93. The van der Waals surface area contributed by atoms with Crippen LogP contribution in [0, 0.1) is 17.8 Å². The maximum Gasteiger partial charge on any atom is 0.344 e.